The van der Waals surface area contributed by atoms with Gasteiger partial charge in [0.05, 0.1) is 11.4 Å². The fraction of sp³-hybridized carbons (Fsp3) is 0.462. The van der Waals surface area contributed by atoms with Crippen molar-refractivity contribution in [2.45, 2.75) is 32.2 Å². The minimum absolute atomic E-state index is 0.172. The summed E-state index contributed by atoms with van der Waals surface area (Å²) in [4.78, 5) is 11.2. The second kappa shape index (κ2) is 4.84. The number of carboxylic acid groups (broad SMARTS) is 1. The van der Waals surface area contributed by atoms with E-state index in [-0.39, 0.29) is 17.3 Å². The normalized spacial score (nSPS) is 23.0. The average molecular weight is 252 g/mol. The zero-order valence-corrected chi connectivity index (χ0v) is 10.2. The Bertz CT molecular complexity index is 476. The van der Waals surface area contributed by atoms with Gasteiger partial charge in [-0.25, -0.2) is 9.18 Å². The van der Waals surface area contributed by atoms with Gasteiger partial charge in [-0.05, 0) is 30.9 Å². The third-order valence-corrected chi connectivity index (χ3v) is 3.61. The number of carbonyl (C=O) groups is 1. The molecule has 98 valence electrons. The van der Waals surface area contributed by atoms with Gasteiger partial charge < -0.3 is 16.2 Å². The number of anilines is 2. The number of nitrogens with two attached hydrogens (primary N) is 1. The van der Waals surface area contributed by atoms with E-state index in [0.717, 1.165) is 19.3 Å². The van der Waals surface area contributed by atoms with Gasteiger partial charge in [-0.2, -0.15) is 0 Å². The highest BCUT2D eigenvalue weighted by atomic mass is 19.1. The largest absolute Gasteiger partial charge is 0.478 e. The van der Waals surface area contributed by atoms with Crippen molar-refractivity contribution in [2.75, 3.05) is 11.1 Å². The van der Waals surface area contributed by atoms with Gasteiger partial charge in [-0.3, -0.25) is 0 Å². The first-order chi connectivity index (χ1) is 8.50. The lowest BCUT2D eigenvalue weighted by atomic mass is 10.0. The zero-order chi connectivity index (χ0) is 13.3. The molecule has 5 heteroatoms. The topological polar surface area (TPSA) is 75.3 Å². The van der Waals surface area contributed by atoms with E-state index in [1.807, 2.05) is 0 Å². The van der Waals surface area contributed by atoms with E-state index in [1.165, 1.54) is 12.1 Å². The van der Waals surface area contributed by atoms with E-state index in [1.54, 1.807) is 0 Å². The molecule has 1 aliphatic carbocycles. The molecule has 1 fully saturated rings. The number of benzene rings is 1. The Morgan fingerprint density at radius 1 is 1.50 bits per heavy atom. The van der Waals surface area contributed by atoms with E-state index in [0.29, 0.717) is 11.6 Å². The summed E-state index contributed by atoms with van der Waals surface area (Å²) in [6.07, 6.45) is 3.24. The predicted molar refractivity (Wildman–Crippen MR) is 68.2 cm³/mol. The molecule has 1 saturated carbocycles. The molecule has 1 aromatic rings. The Hall–Kier alpha value is -1.78. The SMILES string of the molecule is CC1CCCC1Nc1ccc(F)c(N)c1C(=O)O. The van der Waals surface area contributed by atoms with Gasteiger partial charge in [-0.15, -0.1) is 0 Å². The van der Waals surface area contributed by atoms with Crippen molar-refractivity contribution < 1.29 is 14.3 Å². The van der Waals surface area contributed by atoms with Crippen molar-refractivity contribution in [1.82, 2.24) is 0 Å². The van der Waals surface area contributed by atoms with E-state index in [9.17, 15) is 9.18 Å². The molecule has 1 aliphatic rings. The molecule has 2 atom stereocenters. The van der Waals surface area contributed by atoms with Crippen LogP contribution in [0, 0.1) is 11.7 Å². The molecule has 0 spiro atoms. The molecule has 0 saturated heterocycles. The van der Waals surface area contributed by atoms with Crippen LogP contribution in [0.1, 0.15) is 36.5 Å². The minimum atomic E-state index is -1.21. The van der Waals surface area contributed by atoms with Crippen LogP contribution in [0.4, 0.5) is 15.8 Å². The summed E-state index contributed by atoms with van der Waals surface area (Å²) in [6.45, 7) is 2.12. The summed E-state index contributed by atoms with van der Waals surface area (Å²) in [5.74, 6) is -1.42. The lowest BCUT2D eigenvalue weighted by Gasteiger charge is -2.20. The van der Waals surface area contributed by atoms with Crippen LogP contribution in [-0.4, -0.2) is 17.1 Å². The molecule has 0 amide bonds. The first-order valence-electron chi connectivity index (χ1n) is 6.08. The first kappa shape index (κ1) is 12.7. The fourth-order valence-corrected chi connectivity index (χ4v) is 2.50. The number of hydrogen-bond donors (Lipinski definition) is 3. The van der Waals surface area contributed by atoms with E-state index in [4.69, 9.17) is 10.8 Å². The van der Waals surface area contributed by atoms with Crippen molar-refractivity contribution in [1.29, 1.82) is 0 Å². The maximum absolute atomic E-state index is 13.3. The molecule has 0 heterocycles. The summed E-state index contributed by atoms with van der Waals surface area (Å²) in [6, 6.07) is 2.87. The Morgan fingerprint density at radius 2 is 2.22 bits per heavy atom. The second-order valence-corrected chi connectivity index (χ2v) is 4.85. The van der Waals surface area contributed by atoms with Crippen LogP contribution in [-0.2, 0) is 0 Å². The summed E-state index contributed by atoms with van der Waals surface area (Å²) < 4.78 is 13.3. The number of nitrogen functional groups attached to an aromatic ring is 1. The maximum atomic E-state index is 13.3. The molecule has 18 heavy (non-hydrogen) atoms. The van der Waals surface area contributed by atoms with Gasteiger partial charge in [-0.1, -0.05) is 13.3 Å². The molecule has 2 rings (SSSR count). The summed E-state index contributed by atoms with van der Waals surface area (Å²) in [7, 11) is 0. The van der Waals surface area contributed by atoms with E-state index in [2.05, 4.69) is 12.2 Å². The number of hydrogen-bond acceptors (Lipinski definition) is 3. The average Bonchev–Trinajstić information content (AvgIpc) is 2.69. The molecule has 4 N–H and O–H groups in total. The highest BCUT2D eigenvalue weighted by Crippen LogP contribution is 2.31. The van der Waals surface area contributed by atoms with Crippen LogP contribution in [0.25, 0.3) is 0 Å². The van der Waals surface area contributed by atoms with Crippen molar-refractivity contribution in [3.63, 3.8) is 0 Å². The van der Waals surface area contributed by atoms with E-state index < -0.39 is 11.8 Å². The van der Waals surface area contributed by atoms with Crippen molar-refractivity contribution in [2.24, 2.45) is 5.92 Å². The summed E-state index contributed by atoms with van der Waals surface area (Å²) >= 11 is 0. The lowest BCUT2D eigenvalue weighted by Crippen LogP contribution is -2.23. The molecule has 1 aromatic carbocycles. The highest BCUT2D eigenvalue weighted by molar-refractivity contribution is 6.00. The summed E-state index contributed by atoms with van der Waals surface area (Å²) in [5, 5.41) is 12.3. The molecule has 2 unspecified atom stereocenters. The monoisotopic (exact) mass is 252 g/mol. The lowest BCUT2D eigenvalue weighted by molar-refractivity contribution is 0.0698. The van der Waals surface area contributed by atoms with Crippen molar-refractivity contribution >= 4 is 17.3 Å². The van der Waals surface area contributed by atoms with Gasteiger partial charge >= 0.3 is 5.97 Å². The third-order valence-electron chi connectivity index (χ3n) is 3.61. The summed E-state index contributed by atoms with van der Waals surface area (Å²) in [5.41, 5.74) is 5.42. The number of rotatable bonds is 3. The van der Waals surface area contributed by atoms with E-state index >= 15 is 0 Å². The van der Waals surface area contributed by atoms with Gasteiger partial charge in [0.25, 0.3) is 0 Å². The number of aromatic carboxylic acids is 1. The van der Waals surface area contributed by atoms with Crippen LogP contribution >= 0.6 is 0 Å². The minimum Gasteiger partial charge on any atom is -0.478 e. The van der Waals surface area contributed by atoms with Gasteiger partial charge in [0, 0.05) is 6.04 Å². The van der Waals surface area contributed by atoms with Crippen molar-refractivity contribution in [3.05, 3.63) is 23.5 Å². The predicted octanol–water partition coefficient (Wildman–Crippen LogP) is 2.71. The Kier molecular flexibility index (Phi) is 3.41. The first-order valence-corrected chi connectivity index (χ1v) is 6.08. The molecule has 0 radical (unpaired) electrons. The molecular weight excluding hydrogens is 235 g/mol. The van der Waals surface area contributed by atoms with Crippen molar-refractivity contribution in [3.8, 4) is 0 Å². The molecule has 0 aromatic heterocycles. The van der Waals surface area contributed by atoms with Crippen LogP contribution in [0.3, 0.4) is 0 Å². The molecule has 0 bridgehead atoms. The molecule has 0 aliphatic heterocycles. The van der Waals surface area contributed by atoms with Crippen LogP contribution in [0.5, 0.6) is 0 Å². The molecular formula is C13H17FN2O2. The Morgan fingerprint density at radius 3 is 2.78 bits per heavy atom. The second-order valence-electron chi connectivity index (χ2n) is 4.85. The zero-order valence-electron chi connectivity index (χ0n) is 10.2. The smallest absolute Gasteiger partial charge is 0.340 e. The van der Waals surface area contributed by atoms with Crippen LogP contribution in [0.2, 0.25) is 0 Å². The number of carboxylic acids is 1. The maximum Gasteiger partial charge on any atom is 0.340 e. The Labute approximate surface area is 105 Å². The van der Waals surface area contributed by atoms with Crippen LogP contribution in [0.15, 0.2) is 12.1 Å². The highest BCUT2D eigenvalue weighted by Gasteiger charge is 2.25. The third kappa shape index (κ3) is 2.25. The van der Waals surface area contributed by atoms with Crippen LogP contribution < -0.4 is 11.1 Å². The number of nitrogens with one attached hydrogen (secondary N) is 1. The number of halogens is 1. The Balaban J connectivity index is 2.32. The van der Waals surface area contributed by atoms with Gasteiger partial charge in [0.15, 0.2) is 0 Å². The standard InChI is InChI=1S/C13H17FN2O2/c1-7-3-2-4-9(7)16-10-6-5-8(14)12(15)11(10)13(17)18/h5-7,9,16H,2-4,15H2,1H3,(H,17,18). The quantitative estimate of drug-likeness (QED) is 0.723. The fourth-order valence-electron chi connectivity index (χ4n) is 2.50. The van der Waals surface area contributed by atoms with Gasteiger partial charge in [0.2, 0.25) is 0 Å². The van der Waals surface area contributed by atoms with Gasteiger partial charge in [0.1, 0.15) is 11.4 Å². The molecule has 4 nitrogen and oxygen atoms in total.